The molecule has 4 nitrogen and oxygen atoms in total. The summed E-state index contributed by atoms with van der Waals surface area (Å²) in [6.45, 7) is -31.3. The van der Waals surface area contributed by atoms with E-state index < -0.39 is 120 Å². The first kappa shape index (κ1) is 59.3. The van der Waals surface area contributed by atoms with Gasteiger partial charge in [-0.3, -0.25) is 0 Å². The number of nitrogens with zero attached hydrogens (tertiary/aromatic N) is 1. The van der Waals surface area contributed by atoms with Gasteiger partial charge >= 0.3 is 278 Å². The van der Waals surface area contributed by atoms with Gasteiger partial charge in [0.1, 0.15) is 0 Å². The Balaban J connectivity index is 0.00000207. The fraction of sp³-hybridized carbons (Fsp3) is 0.560. The molecular weight excluding hydrogens is 1070 g/mol. The number of hydrogen-bond donors (Lipinski definition) is 0. The van der Waals surface area contributed by atoms with Crippen molar-refractivity contribution in [2.45, 2.75) is 71.0 Å². The number of rotatable bonds is 11. The summed E-state index contributed by atoms with van der Waals surface area (Å²) in [6, 6.07) is -4.84. The van der Waals surface area contributed by atoms with Gasteiger partial charge in [-0.25, -0.2) is 4.98 Å². The summed E-state index contributed by atoms with van der Waals surface area (Å²) >= 11 is 0. The van der Waals surface area contributed by atoms with Gasteiger partial charge in [0.2, 0.25) is 0 Å². The van der Waals surface area contributed by atoms with Crippen LogP contribution in [0.5, 0.6) is 11.5 Å². The van der Waals surface area contributed by atoms with E-state index in [-0.39, 0.29) is 0 Å². The minimum atomic E-state index is -15.6. The molecule has 0 radical (unpaired) electrons. The average Bonchev–Trinajstić information content (AvgIpc) is 3.06. The van der Waals surface area contributed by atoms with Crippen LogP contribution in [0.15, 0.2) is 48.8 Å². The number of H-pyrrole nitrogens is 1. The predicted molar refractivity (Wildman–Crippen MR) is 149 cm³/mol. The first-order valence-electron chi connectivity index (χ1n) is 14.7. The molecule has 0 aliphatic rings. The van der Waals surface area contributed by atoms with E-state index in [1.807, 2.05) is 38.6 Å². The number of nitrogens with one attached hydrogen (secondary N) is 1. The molecule has 1 aromatic heterocycles. The van der Waals surface area contributed by atoms with Gasteiger partial charge in [0, 0.05) is 31.9 Å². The molecule has 2 aromatic rings. The van der Waals surface area contributed by atoms with E-state index in [1.54, 1.807) is 0 Å². The van der Waals surface area contributed by atoms with Crippen LogP contribution in [0.3, 0.4) is 0 Å². The van der Waals surface area contributed by atoms with Crippen molar-refractivity contribution in [1.82, 2.24) is 0 Å². The average molecular weight is 1080 g/mol. The van der Waals surface area contributed by atoms with Crippen molar-refractivity contribution in [2.24, 2.45) is 0 Å². The molecule has 386 valence electrons. The molecule has 0 saturated heterocycles. The van der Waals surface area contributed by atoms with Crippen molar-refractivity contribution in [3.63, 3.8) is 0 Å². The second-order valence-electron chi connectivity index (χ2n) is 12.7. The third-order valence-corrected chi connectivity index (χ3v) is 18.4. The Labute approximate surface area is 333 Å². The summed E-state index contributed by atoms with van der Waals surface area (Å²) in [7, 11) is 4.05. The number of anilines is 1. The Morgan fingerprint density at radius 2 is 0.508 bits per heavy atom. The molecule has 40 heteroatoms. The number of hydrogen-bond acceptors (Lipinski definition) is 3. The molecule has 0 fully saturated rings. The normalized spacial score (nSPS) is 17.4. The number of pyridine rings is 1. The van der Waals surface area contributed by atoms with E-state index in [2.05, 4.69) is 9.88 Å². The van der Waals surface area contributed by atoms with E-state index in [0.717, 1.165) is 0 Å². The first-order valence-corrected chi connectivity index (χ1v) is 19.5. The molecule has 0 atom stereocenters. The summed E-state index contributed by atoms with van der Waals surface area (Å²) in [6.07, 6.45) is -51.9. The van der Waals surface area contributed by atoms with Crippen LogP contribution in [-0.2, 0) is 0 Å². The molecule has 0 aliphatic carbocycles. The quantitative estimate of drug-likeness (QED) is 0.166. The Bertz CT molecular complexity index is 1780. The van der Waals surface area contributed by atoms with Crippen LogP contribution in [0.2, 0.25) is 0 Å². The van der Waals surface area contributed by atoms with Crippen molar-refractivity contribution in [1.29, 1.82) is 0 Å². The zero-order valence-electron chi connectivity index (χ0n) is 29.6. The van der Waals surface area contributed by atoms with Crippen LogP contribution in [0, 0.1) is 0 Å². The standard InChI is InChI=1S/C18H4F34O2P2.C7H10N2/c19-7(20,21)13(37,38)55(49,50,14(39,40)8(22,23)24,15(41,42)9(25,26)27)53-5-1-2-6(4-3-5)54-56(51,52,16(43,44)10(28,29)30,17(45,46)11(31,32)33)18(47,48)12(34,35)36;1-9(2)7-3-5-8-6-4-7/h1-4H;3-6H,1-2H3/q-2;/p+1. The van der Waals surface area contributed by atoms with E-state index in [1.165, 1.54) is 14.7 Å². The van der Waals surface area contributed by atoms with Crippen molar-refractivity contribution >= 4 is 19.3 Å². The van der Waals surface area contributed by atoms with E-state index >= 15 is 16.8 Å². The Morgan fingerprint density at radius 1 is 0.338 bits per heavy atom. The fourth-order valence-corrected chi connectivity index (χ4v) is 12.1. The summed E-state index contributed by atoms with van der Waals surface area (Å²) in [4.78, 5) is 5.02. The van der Waals surface area contributed by atoms with Gasteiger partial charge in [-0.15, -0.1) is 0 Å². The topological polar surface area (TPSA) is 35.8 Å². The van der Waals surface area contributed by atoms with Crippen LogP contribution in [0.25, 0.3) is 0 Å². The maximum atomic E-state index is 15.8. The Kier molecular flexibility index (Phi) is 13.1. The molecule has 1 heterocycles. The molecule has 0 saturated carbocycles. The Hall–Kier alpha value is -3.75. The van der Waals surface area contributed by atoms with Crippen molar-refractivity contribution in [3.8, 4) is 11.5 Å². The van der Waals surface area contributed by atoms with Gasteiger partial charge < -0.3 is 4.90 Å². The van der Waals surface area contributed by atoms with E-state index in [4.69, 9.17) is 0 Å². The van der Waals surface area contributed by atoms with Crippen molar-refractivity contribution < 1.29 is 163 Å². The molecule has 0 unspecified atom stereocenters. The second-order valence-corrected chi connectivity index (χ2v) is 21.7. The van der Waals surface area contributed by atoms with Gasteiger partial charge in [0.15, 0.2) is 12.4 Å². The predicted octanol–water partition coefficient (Wildman–Crippen LogP) is 15.5. The van der Waals surface area contributed by atoms with Gasteiger partial charge in [0.25, 0.3) is 0 Å². The number of aromatic amines is 1. The molecule has 0 spiro atoms. The summed E-state index contributed by atoms with van der Waals surface area (Å²) in [5.41, 5.74) is -60.6. The van der Waals surface area contributed by atoms with Crippen LogP contribution >= 0.6 is 13.6 Å². The molecule has 0 bridgehead atoms. The SMILES string of the molecule is CN(C)c1cc[nH+]cc1.FC(F)(F)C(F)(F)[P-](F)(F)(Oc1ccc(O[P-](F)(F)(C(F)(F)C(F)(F)F)(C(F)(F)C(F)(F)F)C(F)(F)C(F)(F)F)cc1)(C(F)(F)C(F)(F)F)C(F)(F)C(F)(F)F. The monoisotopic (exact) mass is 1080 g/mol. The Morgan fingerprint density at radius 3 is 0.631 bits per heavy atom. The van der Waals surface area contributed by atoms with Crippen LogP contribution in [0.1, 0.15) is 0 Å². The van der Waals surface area contributed by atoms with Crippen LogP contribution < -0.4 is 18.9 Å². The van der Waals surface area contributed by atoms with E-state index in [0.29, 0.717) is 0 Å². The molecule has 1 N–H and O–H groups in total. The zero-order chi connectivity index (χ0) is 52.9. The number of halogens is 34. The van der Waals surface area contributed by atoms with Gasteiger partial charge in [0.05, 0.1) is 0 Å². The fourth-order valence-electron chi connectivity index (χ4n) is 4.76. The number of alkyl halides is 30. The van der Waals surface area contributed by atoms with Gasteiger partial charge in [-0.05, 0) is 0 Å². The van der Waals surface area contributed by atoms with Crippen molar-refractivity contribution in [3.05, 3.63) is 48.8 Å². The van der Waals surface area contributed by atoms with Crippen molar-refractivity contribution in [2.75, 3.05) is 19.0 Å². The van der Waals surface area contributed by atoms with Gasteiger partial charge in [-0.1, -0.05) is 0 Å². The summed E-state index contributed by atoms with van der Waals surface area (Å²) in [5, 5.41) is 0. The molecule has 0 aliphatic heterocycles. The third kappa shape index (κ3) is 6.58. The number of benzene rings is 1. The molecule has 1 aromatic carbocycles. The zero-order valence-corrected chi connectivity index (χ0v) is 31.4. The molecular formula is C25H15F34N2O2P2-. The molecule has 0 amide bonds. The molecule has 65 heavy (non-hydrogen) atoms. The van der Waals surface area contributed by atoms with Crippen LogP contribution in [-0.4, -0.2) is 85.1 Å². The van der Waals surface area contributed by atoms with Gasteiger partial charge in [-0.2, -0.15) is 0 Å². The second kappa shape index (κ2) is 14.4. The first-order chi connectivity index (χ1) is 27.7. The maximum absolute atomic E-state index is 15.8. The van der Waals surface area contributed by atoms with Crippen LogP contribution in [0.4, 0.5) is 154 Å². The molecule has 2 rings (SSSR count). The summed E-state index contributed by atoms with van der Waals surface area (Å²) in [5.74, 6) is -8.45. The number of aromatic nitrogens is 1. The summed E-state index contributed by atoms with van der Waals surface area (Å²) < 4.78 is 473. The van der Waals surface area contributed by atoms with E-state index in [9.17, 15) is 132 Å². The minimum absolute atomic E-state index is 1.22. The third-order valence-electron chi connectivity index (χ3n) is 8.36.